The zero-order chi connectivity index (χ0) is 9.97. The van der Waals surface area contributed by atoms with E-state index in [1.165, 1.54) is 7.11 Å². The van der Waals surface area contributed by atoms with Crippen LogP contribution < -0.4 is 4.74 Å². The molecule has 1 heterocycles. The maximum absolute atomic E-state index is 9.22. The number of aromatic hydroxyl groups is 1. The number of methoxy groups -OCH3 is 1. The van der Waals surface area contributed by atoms with Crippen molar-refractivity contribution in [1.29, 1.82) is 0 Å². The van der Waals surface area contributed by atoms with Gasteiger partial charge in [0.15, 0.2) is 0 Å². The lowest BCUT2D eigenvalue weighted by Gasteiger charge is -1.93. The van der Waals surface area contributed by atoms with E-state index in [9.17, 15) is 5.11 Å². The monoisotopic (exact) mass is 192 g/mol. The second-order valence-corrected chi connectivity index (χ2v) is 2.64. The molecular formula is C9H8N2O3. The average molecular weight is 192 g/mol. The molecule has 5 heteroatoms. The summed E-state index contributed by atoms with van der Waals surface area (Å²) in [6, 6.07) is 6.59. The third-order valence-corrected chi connectivity index (χ3v) is 1.69. The van der Waals surface area contributed by atoms with Crippen LogP contribution in [-0.4, -0.2) is 22.4 Å². The predicted octanol–water partition coefficient (Wildman–Crippen LogP) is 1.45. The summed E-state index contributed by atoms with van der Waals surface area (Å²) < 4.78 is 9.49. The van der Waals surface area contributed by atoms with Crippen molar-refractivity contribution in [3.8, 4) is 23.2 Å². The van der Waals surface area contributed by atoms with Crippen molar-refractivity contribution in [2.75, 3.05) is 7.11 Å². The lowest BCUT2D eigenvalue weighted by molar-refractivity contribution is 0.250. The van der Waals surface area contributed by atoms with Crippen LogP contribution in [0.15, 0.2) is 28.8 Å². The highest BCUT2D eigenvalue weighted by Gasteiger charge is 2.08. The van der Waals surface area contributed by atoms with Gasteiger partial charge in [-0.1, -0.05) is 17.3 Å². The molecule has 0 amide bonds. The molecule has 0 bridgehead atoms. The molecule has 1 aromatic heterocycles. The van der Waals surface area contributed by atoms with Crippen LogP contribution in [0.1, 0.15) is 0 Å². The molecule has 1 aromatic carbocycles. The first-order chi connectivity index (χ1) is 6.79. The van der Waals surface area contributed by atoms with Crippen molar-refractivity contribution < 1.29 is 14.4 Å². The molecule has 0 fully saturated rings. The van der Waals surface area contributed by atoms with Gasteiger partial charge < -0.3 is 9.84 Å². The van der Waals surface area contributed by atoms with E-state index in [0.29, 0.717) is 11.4 Å². The van der Waals surface area contributed by atoms with Crippen molar-refractivity contribution >= 4 is 0 Å². The van der Waals surface area contributed by atoms with E-state index in [4.69, 9.17) is 9.26 Å². The molecule has 0 spiro atoms. The molecule has 0 aliphatic rings. The van der Waals surface area contributed by atoms with E-state index in [0.717, 1.165) is 0 Å². The minimum atomic E-state index is 0.100. The SMILES string of the molecule is COc1nc(-c2cccc(O)c2)no1. The predicted molar refractivity (Wildman–Crippen MR) is 48.0 cm³/mol. The Morgan fingerprint density at radius 3 is 2.93 bits per heavy atom. The van der Waals surface area contributed by atoms with Gasteiger partial charge in [0.25, 0.3) is 0 Å². The topological polar surface area (TPSA) is 68.4 Å². The molecule has 0 saturated heterocycles. The lowest BCUT2D eigenvalue weighted by Crippen LogP contribution is -1.82. The van der Waals surface area contributed by atoms with E-state index in [-0.39, 0.29) is 11.8 Å². The Morgan fingerprint density at radius 1 is 1.43 bits per heavy atom. The molecule has 72 valence electrons. The second kappa shape index (κ2) is 3.37. The zero-order valence-electron chi connectivity index (χ0n) is 7.47. The fraction of sp³-hybridized carbons (Fsp3) is 0.111. The number of aromatic nitrogens is 2. The molecule has 1 N–H and O–H groups in total. The largest absolute Gasteiger partial charge is 0.508 e. The third-order valence-electron chi connectivity index (χ3n) is 1.69. The maximum atomic E-state index is 9.22. The first kappa shape index (κ1) is 8.55. The van der Waals surface area contributed by atoms with Gasteiger partial charge in [-0.25, -0.2) is 0 Å². The van der Waals surface area contributed by atoms with Gasteiger partial charge in [0, 0.05) is 5.56 Å². The number of nitrogens with zero attached hydrogens (tertiary/aromatic N) is 2. The molecule has 0 unspecified atom stereocenters. The van der Waals surface area contributed by atoms with E-state index in [1.54, 1.807) is 24.3 Å². The Hall–Kier alpha value is -2.04. The van der Waals surface area contributed by atoms with Crippen molar-refractivity contribution in [1.82, 2.24) is 10.1 Å². The van der Waals surface area contributed by atoms with Crippen LogP contribution in [0.25, 0.3) is 11.4 Å². The van der Waals surface area contributed by atoms with E-state index in [2.05, 4.69) is 10.1 Å². The molecule has 2 aromatic rings. The number of benzene rings is 1. The summed E-state index contributed by atoms with van der Waals surface area (Å²) in [6.07, 6.45) is 0.100. The Bertz CT molecular complexity index is 439. The van der Waals surface area contributed by atoms with Crippen LogP contribution in [0.2, 0.25) is 0 Å². The van der Waals surface area contributed by atoms with Gasteiger partial charge in [-0.3, -0.25) is 4.52 Å². The molecular weight excluding hydrogens is 184 g/mol. The van der Waals surface area contributed by atoms with Crippen molar-refractivity contribution in [2.24, 2.45) is 0 Å². The molecule has 5 nitrogen and oxygen atoms in total. The Labute approximate surface area is 79.9 Å². The van der Waals surface area contributed by atoms with Crippen molar-refractivity contribution in [3.63, 3.8) is 0 Å². The van der Waals surface area contributed by atoms with Crippen LogP contribution >= 0.6 is 0 Å². The van der Waals surface area contributed by atoms with Crippen molar-refractivity contribution in [2.45, 2.75) is 0 Å². The normalized spacial score (nSPS) is 10.1. The van der Waals surface area contributed by atoms with E-state index >= 15 is 0 Å². The fourth-order valence-electron chi connectivity index (χ4n) is 1.05. The number of ether oxygens (including phenoxy) is 1. The van der Waals surface area contributed by atoms with E-state index < -0.39 is 0 Å². The zero-order valence-corrected chi connectivity index (χ0v) is 7.47. The van der Waals surface area contributed by atoms with Gasteiger partial charge in [0.2, 0.25) is 5.82 Å². The quantitative estimate of drug-likeness (QED) is 0.779. The number of phenolic OH excluding ortho intramolecular Hbond substituents is 1. The number of rotatable bonds is 2. The summed E-state index contributed by atoms with van der Waals surface area (Å²) in [7, 11) is 1.44. The number of hydrogen-bond acceptors (Lipinski definition) is 5. The van der Waals surface area contributed by atoms with E-state index in [1.807, 2.05) is 0 Å². The average Bonchev–Trinajstić information content (AvgIpc) is 2.66. The summed E-state index contributed by atoms with van der Waals surface area (Å²) in [5.74, 6) is 0.545. The minimum Gasteiger partial charge on any atom is -0.508 e. The summed E-state index contributed by atoms with van der Waals surface area (Å²) >= 11 is 0. The van der Waals surface area contributed by atoms with Gasteiger partial charge in [-0.05, 0) is 12.1 Å². The Kier molecular flexibility index (Phi) is 2.06. The lowest BCUT2D eigenvalue weighted by atomic mass is 10.2. The molecule has 0 aliphatic carbocycles. The summed E-state index contributed by atoms with van der Waals surface area (Å²) in [4.78, 5) is 3.93. The van der Waals surface area contributed by atoms with Gasteiger partial charge >= 0.3 is 6.08 Å². The van der Waals surface area contributed by atoms with Gasteiger partial charge in [0.05, 0.1) is 7.11 Å². The molecule has 0 atom stereocenters. The second-order valence-electron chi connectivity index (χ2n) is 2.64. The van der Waals surface area contributed by atoms with Gasteiger partial charge in [-0.15, -0.1) is 0 Å². The van der Waals surface area contributed by atoms with Gasteiger partial charge in [-0.2, -0.15) is 4.98 Å². The van der Waals surface area contributed by atoms with Crippen LogP contribution in [-0.2, 0) is 0 Å². The highest BCUT2D eigenvalue weighted by molar-refractivity contribution is 5.56. The first-order valence-electron chi connectivity index (χ1n) is 3.96. The first-order valence-corrected chi connectivity index (χ1v) is 3.96. The van der Waals surface area contributed by atoms with Gasteiger partial charge in [0.1, 0.15) is 5.75 Å². The maximum Gasteiger partial charge on any atom is 0.417 e. The molecule has 14 heavy (non-hydrogen) atoms. The molecule has 0 radical (unpaired) electrons. The summed E-state index contributed by atoms with van der Waals surface area (Å²) in [6.45, 7) is 0. The van der Waals surface area contributed by atoms with Crippen LogP contribution in [0.4, 0.5) is 0 Å². The minimum absolute atomic E-state index is 0.100. The highest BCUT2D eigenvalue weighted by Crippen LogP contribution is 2.21. The van der Waals surface area contributed by atoms with Crippen LogP contribution in [0, 0.1) is 0 Å². The van der Waals surface area contributed by atoms with Crippen LogP contribution in [0.3, 0.4) is 0 Å². The number of phenols is 1. The summed E-state index contributed by atoms with van der Waals surface area (Å²) in [5.41, 5.74) is 0.678. The smallest absolute Gasteiger partial charge is 0.417 e. The standard InChI is InChI=1S/C9H8N2O3/c1-13-9-10-8(11-14-9)6-3-2-4-7(12)5-6/h2-5,12H,1H3. The molecule has 2 rings (SSSR count). The number of hydrogen-bond donors (Lipinski definition) is 1. The highest BCUT2D eigenvalue weighted by atomic mass is 16.6. The molecule has 0 saturated carbocycles. The fourth-order valence-corrected chi connectivity index (χ4v) is 1.05. The van der Waals surface area contributed by atoms with Crippen molar-refractivity contribution in [3.05, 3.63) is 24.3 Å². The van der Waals surface area contributed by atoms with Crippen LogP contribution in [0.5, 0.6) is 11.8 Å². The summed E-state index contributed by atoms with van der Waals surface area (Å²) in [5, 5.41) is 12.9. The Morgan fingerprint density at radius 2 is 2.29 bits per heavy atom. The Balaban J connectivity index is 2.39. The molecule has 0 aliphatic heterocycles. The third kappa shape index (κ3) is 1.52.